The molecular formula is C30H20F5N7. The molecule has 12 heteroatoms. The molecule has 42 heavy (non-hydrogen) atoms. The maximum absolute atomic E-state index is 16.5. The molecule has 4 aromatic heterocycles. The van der Waals surface area contributed by atoms with E-state index in [0.29, 0.717) is 22.4 Å². The quantitative estimate of drug-likeness (QED) is 0.200. The molecule has 6 rings (SSSR count). The Hall–Kier alpha value is -5.26. The molecule has 0 fully saturated rings. The summed E-state index contributed by atoms with van der Waals surface area (Å²) in [4.78, 5) is 12.7. The Morgan fingerprint density at radius 1 is 0.571 bits per heavy atom. The van der Waals surface area contributed by atoms with Crippen molar-refractivity contribution in [2.75, 3.05) is 0 Å². The number of nitrogens with zero attached hydrogens (tertiary/aromatic N) is 7. The molecule has 0 atom stereocenters. The van der Waals surface area contributed by atoms with Crippen molar-refractivity contribution in [1.82, 2.24) is 34.5 Å². The molecule has 2 aromatic carbocycles. The lowest BCUT2D eigenvalue weighted by Gasteiger charge is -2.19. The van der Waals surface area contributed by atoms with E-state index in [9.17, 15) is 13.2 Å². The lowest BCUT2D eigenvalue weighted by Crippen LogP contribution is -2.22. The molecule has 0 aliphatic heterocycles. The predicted octanol–water partition coefficient (Wildman–Crippen LogP) is 7.04. The molecule has 210 valence electrons. The number of aromatic nitrogens is 7. The molecule has 0 unspecified atom stereocenters. The van der Waals surface area contributed by atoms with Gasteiger partial charge in [0.2, 0.25) is 0 Å². The van der Waals surface area contributed by atoms with Gasteiger partial charge in [0.1, 0.15) is 11.4 Å². The second kappa shape index (κ2) is 10.3. The molecule has 0 aliphatic carbocycles. The fourth-order valence-electron chi connectivity index (χ4n) is 4.31. The standard InChI is InChI=1S/C30H20F5N7/c1-19-12-14-42(39-19)28-36-23(21-10-6-3-7-11-21)18-26(38-28)29(31,32)25-16-22(20-8-4-2-5-9-20)17-27(37-25)41-15-13-24(40-41)30(33,34)35/h2-18H,1H3. The van der Waals surface area contributed by atoms with E-state index in [2.05, 4.69) is 25.1 Å². The van der Waals surface area contributed by atoms with Gasteiger partial charge in [-0.05, 0) is 48.4 Å². The molecule has 0 amide bonds. The van der Waals surface area contributed by atoms with Crippen molar-refractivity contribution in [2.45, 2.75) is 19.0 Å². The highest BCUT2D eigenvalue weighted by Gasteiger charge is 2.40. The van der Waals surface area contributed by atoms with E-state index < -0.39 is 29.2 Å². The first-order chi connectivity index (χ1) is 20.1. The second-order valence-electron chi connectivity index (χ2n) is 9.39. The van der Waals surface area contributed by atoms with Crippen molar-refractivity contribution in [3.05, 3.63) is 126 Å². The lowest BCUT2D eigenvalue weighted by atomic mass is 10.0. The molecule has 0 saturated heterocycles. The van der Waals surface area contributed by atoms with Gasteiger partial charge in [0.05, 0.1) is 11.4 Å². The second-order valence-corrected chi connectivity index (χ2v) is 9.39. The molecular weight excluding hydrogens is 553 g/mol. The Kier molecular flexibility index (Phi) is 6.60. The minimum atomic E-state index is -4.72. The molecule has 0 N–H and O–H groups in total. The molecule has 0 radical (unpaired) electrons. The number of benzene rings is 2. The van der Waals surface area contributed by atoms with E-state index in [4.69, 9.17) is 0 Å². The number of hydrogen-bond donors (Lipinski definition) is 0. The van der Waals surface area contributed by atoms with Gasteiger partial charge in [-0.15, -0.1) is 0 Å². The van der Waals surface area contributed by atoms with Crippen LogP contribution in [0.1, 0.15) is 22.8 Å². The summed E-state index contributed by atoms with van der Waals surface area (Å²) in [5.41, 5.74) is -0.277. The van der Waals surface area contributed by atoms with Crippen LogP contribution in [0.25, 0.3) is 34.2 Å². The Balaban J connectivity index is 1.54. The van der Waals surface area contributed by atoms with Crippen LogP contribution in [0.3, 0.4) is 0 Å². The number of pyridine rings is 1. The van der Waals surface area contributed by atoms with Gasteiger partial charge in [-0.1, -0.05) is 60.7 Å². The summed E-state index contributed by atoms with van der Waals surface area (Å²) in [6, 6.07) is 23.5. The topological polar surface area (TPSA) is 74.3 Å². The van der Waals surface area contributed by atoms with Crippen molar-refractivity contribution in [1.29, 1.82) is 0 Å². The van der Waals surface area contributed by atoms with E-state index in [1.165, 1.54) is 22.9 Å². The Bertz CT molecular complexity index is 1860. The summed E-state index contributed by atoms with van der Waals surface area (Å²) in [5, 5.41) is 7.81. The molecule has 4 heterocycles. The molecule has 6 aromatic rings. The third kappa shape index (κ3) is 5.26. The van der Waals surface area contributed by atoms with Crippen LogP contribution in [0.5, 0.6) is 0 Å². The predicted molar refractivity (Wildman–Crippen MR) is 144 cm³/mol. The van der Waals surface area contributed by atoms with E-state index in [0.717, 1.165) is 16.9 Å². The number of rotatable bonds is 6. The monoisotopic (exact) mass is 573 g/mol. The third-order valence-corrected chi connectivity index (χ3v) is 6.39. The molecule has 0 spiro atoms. The van der Waals surface area contributed by atoms with Crippen LogP contribution in [0.4, 0.5) is 22.0 Å². The van der Waals surface area contributed by atoms with Crippen LogP contribution < -0.4 is 0 Å². The first-order valence-electron chi connectivity index (χ1n) is 12.6. The zero-order valence-electron chi connectivity index (χ0n) is 21.8. The average molecular weight is 574 g/mol. The highest BCUT2D eigenvalue weighted by atomic mass is 19.4. The highest BCUT2D eigenvalue weighted by molar-refractivity contribution is 5.66. The van der Waals surface area contributed by atoms with Crippen LogP contribution in [0.15, 0.2) is 103 Å². The van der Waals surface area contributed by atoms with E-state index in [-0.39, 0.29) is 17.5 Å². The van der Waals surface area contributed by atoms with Gasteiger partial charge in [0.15, 0.2) is 11.5 Å². The number of alkyl halides is 5. The number of hydrogen-bond acceptors (Lipinski definition) is 5. The van der Waals surface area contributed by atoms with E-state index >= 15 is 8.78 Å². The number of aryl methyl sites for hydroxylation is 1. The largest absolute Gasteiger partial charge is 0.435 e. The van der Waals surface area contributed by atoms with Crippen molar-refractivity contribution >= 4 is 0 Å². The molecule has 0 saturated carbocycles. The highest BCUT2D eigenvalue weighted by Crippen LogP contribution is 2.38. The third-order valence-electron chi connectivity index (χ3n) is 6.39. The Labute approximate surface area is 236 Å². The fourth-order valence-corrected chi connectivity index (χ4v) is 4.31. The van der Waals surface area contributed by atoms with Crippen LogP contribution in [0, 0.1) is 6.92 Å². The first-order valence-corrected chi connectivity index (χ1v) is 12.6. The molecule has 0 aliphatic rings. The van der Waals surface area contributed by atoms with Gasteiger partial charge in [-0.2, -0.15) is 32.1 Å². The smallest absolute Gasteiger partial charge is 0.227 e. The van der Waals surface area contributed by atoms with Crippen LogP contribution >= 0.6 is 0 Å². The normalized spacial score (nSPS) is 12.0. The van der Waals surface area contributed by atoms with E-state index in [1.54, 1.807) is 79.9 Å². The molecule has 0 bridgehead atoms. The molecule has 7 nitrogen and oxygen atoms in total. The number of halogens is 5. The van der Waals surface area contributed by atoms with Gasteiger partial charge >= 0.3 is 12.1 Å². The zero-order valence-corrected chi connectivity index (χ0v) is 21.8. The van der Waals surface area contributed by atoms with Crippen LogP contribution in [-0.2, 0) is 12.1 Å². The van der Waals surface area contributed by atoms with E-state index in [1.807, 2.05) is 0 Å². The van der Waals surface area contributed by atoms with Crippen molar-refractivity contribution in [2.24, 2.45) is 0 Å². The van der Waals surface area contributed by atoms with Gasteiger partial charge in [-0.25, -0.2) is 24.3 Å². The van der Waals surface area contributed by atoms with Crippen molar-refractivity contribution < 1.29 is 22.0 Å². The maximum Gasteiger partial charge on any atom is 0.435 e. The summed E-state index contributed by atoms with van der Waals surface area (Å²) >= 11 is 0. The first kappa shape index (κ1) is 26.9. The van der Waals surface area contributed by atoms with Gasteiger partial charge in [0.25, 0.3) is 5.95 Å². The summed E-state index contributed by atoms with van der Waals surface area (Å²) in [6.07, 6.45) is -2.13. The van der Waals surface area contributed by atoms with Crippen LogP contribution in [0.2, 0.25) is 0 Å². The summed E-state index contributed by atoms with van der Waals surface area (Å²) < 4.78 is 74.9. The zero-order chi connectivity index (χ0) is 29.5. The summed E-state index contributed by atoms with van der Waals surface area (Å²) in [7, 11) is 0. The van der Waals surface area contributed by atoms with Gasteiger partial charge in [0, 0.05) is 18.0 Å². The summed E-state index contributed by atoms with van der Waals surface area (Å²) in [5.74, 6) is -4.11. The SMILES string of the molecule is Cc1ccn(-c2nc(-c3ccccc3)cc(C(F)(F)c3cc(-c4ccccc4)cc(-n4ccc(C(F)(F)F)n4)n3)n2)n1. The van der Waals surface area contributed by atoms with Crippen molar-refractivity contribution in [3.8, 4) is 34.2 Å². The van der Waals surface area contributed by atoms with Crippen molar-refractivity contribution in [3.63, 3.8) is 0 Å². The Morgan fingerprint density at radius 2 is 1.21 bits per heavy atom. The minimum absolute atomic E-state index is 0.0829. The Morgan fingerprint density at radius 3 is 1.83 bits per heavy atom. The maximum atomic E-state index is 16.5. The minimum Gasteiger partial charge on any atom is -0.227 e. The van der Waals surface area contributed by atoms with Gasteiger partial charge < -0.3 is 0 Å². The van der Waals surface area contributed by atoms with Crippen LogP contribution in [-0.4, -0.2) is 34.5 Å². The lowest BCUT2D eigenvalue weighted by molar-refractivity contribution is -0.141. The van der Waals surface area contributed by atoms with Gasteiger partial charge in [-0.3, -0.25) is 0 Å². The summed E-state index contributed by atoms with van der Waals surface area (Å²) in [6.45, 7) is 1.74. The fraction of sp³-hybridized carbons (Fsp3) is 0.100. The average Bonchev–Trinajstić information content (AvgIpc) is 3.68.